The number of unbranched alkanes of at least 4 members (excludes halogenated alkanes) is 2. The van der Waals surface area contributed by atoms with Crippen molar-refractivity contribution in [2.24, 2.45) is 0 Å². The van der Waals surface area contributed by atoms with Crippen LogP contribution in [0.4, 0.5) is 13.2 Å². The summed E-state index contributed by atoms with van der Waals surface area (Å²) in [5, 5.41) is 0. The normalized spacial score (nSPS) is 11.5. The molecule has 0 atom stereocenters. The zero-order chi connectivity index (χ0) is 16.0. The predicted octanol–water partition coefficient (Wildman–Crippen LogP) is 5.80. The molecule has 0 spiro atoms. The standard InChI is InChI=1S/C18H18F3O/c1-2-3-4-5-14-6-8-15(9-7-14)16-10-12-17(13-11-16)22-18(19,20)21/h6-13H,1-5H2. The van der Waals surface area contributed by atoms with E-state index in [1.807, 2.05) is 12.1 Å². The van der Waals surface area contributed by atoms with Crippen LogP contribution in [0.25, 0.3) is 11.1 Å². The van der Waals surface area contributed by atoms with Crippen LogP contribution in [0.5, 0.6) is 5.75 Å². The summed E-state index contributed by atoms with van der Waals surface area (Å²) in [6, 6.07) is 14.0. The largest absolute Gasteiger partial charge is 0.573 e. The van der Waals surface area contributed by atoms with Crippen molar-refractivity contribution in [3.8, 4) is 16.9 Å². The van der Waals surface area contributed by atoms with Gasteiger partial charge in [-0.15, -0.1) is 13.2 Å². The van der Waals surface area contributed by atoms with Crippen LogP contribution in [0.2, 0.25) is 0 Å². The molecule has 0 amide bonds. The fourth-order valence-corrected chi connectivity index (χ4v) is 2.22. The second-order valence-corrected chi connectivity index (χ2v) is 5.08. The third kappa shape index (κ3) is 5.10. The lowest BCUT2D eigenvalue weighted by atomic mass is 10.0. The van der Waals surface area contributed by atoms with E-state index in [1.54, 1.807) is 12.1 Å². The molecular formula is C18H18F3O. The Labute approximate surface area is 128 Å². The number of halogens is 3. The summed E-state index contributed by atoms with van der Waals surface area (Å²) in [7, 11) is 0. The van der Waals surface area contributed by atoms with E-state index in [0.29, 0.717) is 0 Å². The van der Waals surface area contributed by atoms with Gasteiger partial charge in [0.25, 0.3) is 0 Å². The highest BCUT2D eigenvalue weighted by Crippen LogP contribution is 2.26. The zero-order valence-corrected chi connectivity index (χ0v) is 12.2. The number of hydrogen-bond donors (Lipinski definition) is 0. The maximum absolute atomic E-state index is 12.1. The summed E-state index contributed by atoms with van der Waals surface area (Å²) in [4.78, 5) is 0. The monoisotopic (exact) mass is 307 g/mol. The molecule has 0 heterocycles. The van der Waals surface area contributed by atoms with Crippen molar-refractivity contribution in [1.29, 1.82) is 0 Å². The molecule has 1 radical (unpaired) electrons. The highest BCUT2D eigenvalue weighted by Gasteiger charge is 2.30. The van der Waals surface area contributed by atoms with Gasteiger partial charge in [0.15, 0.2) is 0 Å². The molecule has 0 saturated carbocycles. The molecule has 0 unspecified atom stereocenters. The highest BCUT2D eigenvalue weighted by molar-refractivity contribution is 5.64. The van der Waals surface area contributed by atoms with Gasteiger partial charge < -0.3 is 4.74 Å². The van der Waals surface area contributed by atoms with Gasteiger partial charge in [0.1, 0.15) is 5.75 Å². The Morgan fingerprint density at radius 1 is 0.818 bits per heavy atom. The van der Waals surface area contributed by atoms with Crippen LogP contribution in [0.15, 0.2) is 48.5 Å². The lowest BCUT2D eigenvalue weighted by Crippen LogP contribution is -2.16. The van der Waals surface area contributed by atoms with Crippen LogP contribution in [-0.2, 0) is 6.42 Å². The fourth-order valence-electron chi connectivity index (χ4n) is 2.22. The molecule has 117 valence electrons. The van der Waals surface area contributed by atoms with Crippen LogP contribution >= 0.6 is 0 Å². The fraction of sp³-hybridized carbons (Fsp3) is 0.278. The van der Waals surface area contributed by atoms with Crippen molar-refractivity contribution in [3.05, 3.63) is 61.0 Å². The molecule has 0 aliphatic heterocycles. The third-order valence-corrected chi connectivity index (χ3v) is 3.34. The van der Waals surface area contributed by atoms with Crippen molar-refractivity contribution < 1.29 is 17.9 Å². The van der Waals surface area contributed by atoms with Gasteiger partial charge in [0.05, 0.1) is 0 Å². The molecule has 0 aliphatic rings. The smallest absolute Gasteiger partial charge is 0.406 e. The Balaban J connectivity index is 2.02. The SMILES string of the molecule is [CH2]CCCCc1ccc(-c2ccc(OC(F)(F)F)cc2)cc1. The molecule has 0 aromatic heterocycles. The molecule has 22 heavy (non-hydrogen) atoms. The minimum Gasteiger partial charge on any atom is -0.406 e. The van der Waals surface area contributed by atoms with Gasteiger partial charge in [-0.3, -0.25) is 0 Å². The van der Waals surface area contributed by atoms with Crippen LogP contribution in [-0.4, -0.2) is 6.36 Å². The summed E-state index contributed by atoms with van der Waals surface area (Å²) < 4.78 is 40.2. The summed E-state index contributed by atoms with van der Waals surface area (Å²) in [5.74, 6) is -0.207. The molecule has 0 fully saturated rings. The van der Waals surface area contributed by atoms with Gasteiger partial charge in [0, 0.05) is 0 Å². The minimum atomic E-state index is -4.66. The number of ether oxygens (including phenoxy) is 1. The second-order valence-electron chi connectivity index (χ2n) is 5.08. The maximum Gasteiger partial charge on any atom is 0.573 e. The van der Waals surface area contributed by atoms with E-state index in [4.69, 9.17) is 0 Å². The first-order chi connectivity index (χ1) is 10.5. The van der Waals surface area contributed by atoms with Crippen LogP contribution in [0.1, 0.15) is 24.8 Å². The first-order valence-corrected chi connectivity index (χ1v) is 7.22. The predicted molar refractivity (Wildman–Crippen MR) is 81.5 cm³/mol. The highest BCUT2D eigenvalue weighted by atomic mass is 19.4. The van der Waals surface area contributed by atoms with E-state index < -0.39 is 6.36 Å². The summed E-state index contributed by atoms with van der Waals surface area (Å²) in [6.45, 7) is 3.82. The van der Waals surface area contributed by atoms with Gasteiger partial charge in [-0.25, -0.2) is 0 Å². The Bertz CT molecular complexity index is 571. The Morgan fingerprint density at radius 2 is 1.36 bits per heavy atom. The first kappa shape index (κ1) is 16.4. The van der Waals surface area contributed by atoms with E-state index >= 15 is 0 Å². The minimum absolute atomic E-state index is 0.207. The van der Waals surface area contributed by atoms with Gasteiger partial charge in [-0.05, 0) is 41.7 Å². The van der Waals surface area contributed by atoms with Gasteiger partial charge in [-0.1, -0.05) is 56.2 Å². The number of rotatable bonds is 6. The molecule has 0 saturated heterocycles. The number of benzene rings is 2. The van der Waals surface area contributed by atoms with E-state index in [9.17, 15) is 13.2 Å². The van der Waals surface area contributed by atoms with Crippen molar-refractivity contribution in [2.45, 2.75) is 32.0 Å². The van der Waals surface area contributed by atoms with E-state index in [1.165, 1.54) is 17.7 Å². The van der Waals surface area contributed by atoms with Gasteiger partial charge in [-0.2, -0.15) is 0 Å². The van der Waals surface area contributed by atoms with Crippen molar-refractivity contribution >= 4 is 0 Å². The number of aryl methyl sites for hydroxylation is 1. The number of alkyl halides is 3. The molecule has 1 nitrogen and oxygen atoms in total. The average Bonchev–Trinajstić information content (AvgIpc) is 2.48. The number of hydrogen-bond acceptors (Lipinski definition) is 1. The molecule has 0 N–H and O–H groups in total. The van der Waals surface area contributed by atoms with Crippen LogP contribution < -0.4 is 4.74 Å². The summed E-state index contributed by atoms with van der Waals surface area (Å²) in [5.41, 5.74) is 3.09. The summed E-state index contributed by atoms with van der Waals surface area (Å²) >= 11 is 0. The molecule has 2 aromatic rings. The lowest BCUT2D eigenvalue weighted by Gasteiger charge is -2.09. The third-order valence-electron chi connectivity index (χ3n) is 3.34. The molecular weight excluding hydrogens is 289 g/mol. The Hall–Kier alpha value is -1.97. The van der Waals surface area contributed by atoms with Gasteiger partial charge in [0.2, 0.25) is 0 Å². The van der Waals surface area contributed by atoms with E-state index in [2.05, 4.69) is 23.8 Å². The maximum atomic E-state index is 12.1. The molecule has 2 rings (SSSR count). The Kier molecular flexibility index (Phi) is 5.47. The average molecular weight is 307 g/mol. The second kappa shape index (κ2) is 7.34. The molecule has 0 aliphatic carbocycles. The molecule has 2 aromatic carbocycles. The molecule has 0 bridgehead atoms. The molecule has 4 heteroatoms. The van der Waals surface area contributed by atoms with Crippen LogP contribution in [0, 0.1) is 6.92 Å². The first-order valence-electron chi connectivity index (χ1n) is 7.22. The van der Waals surface area contributed by atoms with Crippen LogP contribution in [0.3, 0.4) is 0 Å². The zero-order valence-electron chi connectivity index (χ0n) is 12.2. The quantitative estimate of drug-likeness (QED) is 0.613. The van der Waals surface area contributed by atoms with Gasteiger partial charge >= 0.3 is 6.36 Å². The Morgan fingerprint density at radius 3 is 1.86 bits per heavy atom. The van der Waals surface area contributed by atoms with E-state index in [-0.39, 0.29) is 5.75 Å². The topological polar surface area (TPSA) is 9.23 Å². The lowest BCUT2D eigenvalue weighted by molar-refractivity contribution is -0.274. The van der Waals surface area contributed by atoms with Crippen molar-refractivity contribution in [3.63, 3.8) is 0 Å². The van der Waals surface area contributed by atoms with Crippen molar-refractivity contribution in [1.82, 2.24) is 0 Å². The van der Waals surface area contributed by atoms with E-state index in [0.717, 1.165) is 36.8 Å². The van der Waals surface area contributed by atoms with Crippen molar-refractivity contribution in [2.75, 3.05) is 0 Å². The summed E-state index contributed by atoms with van der Waals surface area (Å²) in [6.07, 6.45) is -0.454.